The Kier molecular flexibility index (Phi) is 14.4. The lowest BCUT2D eigenvalue weighted by Crippen LogP contribution is -2.74. The van der Waals surface area contributed by atoms with Crippen molar-refractivity contribution in [1.29, 1.82) is 0 Å². The summed E-state index contributed by atoms with van der Waals surface area (Å²) in [5.74, 6) is -1.87. The summed E-state index contributed by atoms with van der Waals surface area (Å²) in [6, 6.07) is 17.9. The minimum atomic E-state index is -1.13. The summed E-state index contributed by atoms with van der Waals surface area (Å²) in [5, 5.41) is 26.4. The van der Waals surface area contributed by atoms with E-state index in [1.54, 1.807) is 31.1 Å². The van der Waals surface area contributed by atoms with Gasteiger partial charge in [-0.2, -0.15) is 5.01 Å². The fourth-order valence-corrected chi connectivity index (χ4v) is 5.59. The number of nitrogens with zero attached hydrogens (tertiary/aromatic N) is 4. The van der Waals surface area contributed by atoms with Crippen LogP contribution in [0.25, 0.3) is 0 Å². The van der Waals surface area contributed by atoms with Crippen LogP contribution in [0.4, 0.5) is 8.78 Å². The zero-order chi connectivity index (χ0) is 34.5. The third kappa shape index (κ3) is 10.4. The molecular weight excluding hydrogens is 612 g/mol. The largest absolute Gasteiger partial charge is 0.508 e. The molecule has 1 fully saturated rings. The number of ether oxygens (including phenoxy) is 1. The van der Waals surface area contributed by atoms with E-state index in [4.69, 9.17) is 4.74 Å². The number of phenolic OH excluding ortho intramolecular Hbond substituents is 1. The summed E-state index contributed by atoms with van der Waals surface area (Å²) in [7, 11) is 5.16. The predicted octanol–water partition coefficient (Wildman–Crippen LogP) is 2.52. The molecule has 1 amide bonds. The number of rotatable bonds is 14. The van der Waals surface area contributed by atoms with Crippen LogP contribution in [0.1, 0.15) is 23.6 Å². The number of phenols is 1. The Balaban J connectivity index is 0.000000573. The molecule has 0 radical (unpaired) electrons. The monoisotopic (exact) mass is 655 g/mol. The number of aromatic hydroxyl groups is 1. The maximum Gasteiger partial charge on any atom is 0.293 e. The Morgan fingerprint density at radius 2 is 1.74 bits per heavy atom. The SMILES string of the molecule is CC(O)N1C([C@H](COC=O)N(C)Cc2ccc(F)cc2F)N([C@H](C=O)Cc2ccc(O)cc2)C(=O)CN1C.CNCc1ccccc1. The van der Waals surface area contributed by atoms with Crippen molar-refractivity contribution in [2.45, 2.75) is 50.9 Å². The number of aldehydes is 1. The van der Waals surface area contributed by atoms with Crippen LogP contribution in [0.2, 0.25) is 0 Å². The van der Waals surface area contributed by atoms with E-state index in [0.29, 0.717) is 11.8 Å². The van der Waals surface area contributed by atoms with Gasteiger partial charge in [0, 0.05) is 31.8 Å². The lowest BCUT2D eigenvalue weighted by atomic mass is 10.0. The number of carbonyl (C=O) groups is 3. The number of carbonyl (C=O) groups excluding carboxylic acids is 3. The number of amides is 1. The molecule has 1 aliphatic rings. The topological polar surface area (TPSA) is 126 Å². The van der Waals surface area contributed by atoms with Gasteiger partial charge in [-0.15, -0.1) is 0 Å². The summed E-state index contributed by atoms with van der Waals surface area (Å²) < 4.78 is 33.0. The molecule has 13 heteroatoms. The van der Waals surface area contributed by atoms with Gasteiger partial charge in [0.1, 0.15) is 42.7 Å². The fourth-order valence-electron chi connectivity index (χ4n) is 5.59. The lowest BCUT2D eigenvalue weighted by molar-refractivity contribution is -0.232. The first-order chi connectivity index (χ1) is 22.5. The van der Waals surface area contributed by atoms with E-state index in [1.807, 2.05) is 25.2 Å². The van der Waals surface area contributed by atoms with Crippen molar-refractivity contribution >= 4 is 18.7 Å². The van der Waals surface area contributed by atoms with Crippen LogP contribution in [-0.2, 0) is 38.6 Å². The Morgan fingerprint density at radius 3 is 2.32 bits per heavy atom. The molecule has 4 atom stereocenters. The first-order valence-corrected chi connectivity index (χ1v) is 15.1. The van der Waals surface area contributed by atoms with Gasteiger partial charge in [0.2, 0.25) is 5.91 Å². The van der Waals surface area contributed by atoms with Gasteiger partial charge in [-0.05, 0) is 56.8 Å². The molecule has 1 saturated heterocycles. The van der Waals surface area contributed by atoms with Gasteiger partial charge >= 0.3 is 0 Å². The molecule has 0 saturated carbocycles. The van der Waals surface area contributed by atoms with E-state index in [2.05, 4.69) is 17.4 Å². The number of aliphatic hydroxyl groups is 1. The number of hydrazine groups is 1. The summed E-state index contributed by atoms with van der Waals surface area (Å²) in [6.45, 7) is 2.22. The minimum Gasteiger partial charge on any atom is -0.508 e. The molecule has 0 spiro atoms. The standard InChI is InChI=1S/C26H32F2N4O6.C8H11N/c1-17(35)32-26(24(15-38-16-34)29(2)12-19-6-7-20(27)11-23(19)28)31(25(37)13-30(32)3)21(14-33)10-18-4-8-22(36)9-5-18;1-9-7-8-5-3-2-4-6-8/h4-9,11,14,16-17,21,24,26,35-36H,10,12-13,15H2,1-3H3;2-6,9H,7H2,1H3/t17?,21-,24-,26?;/m0./s1. The molecule has 0 aromatic heterocycles. The van der Waals surface area contributed by atoms with E-state index in [-0.39, 0.29) is 43.9 Å². The van der Waals surface area contributed by atoms with Gasteiger partial charge in [0.05, 0.1) is 18.6 Å². The van der Waals surface area contributed by atoms with Crippen LogP contribution in [0.5, 0.6) is 5.75 Å². The molecule has 3 aromatic carbocycles. The fraction of sp³-hybridized carbons (Fsp3) is 0.382. The van der Waals surface area contributed by atoms with Crippen molar-refractivity contribution in [3.63, 3.8) is 0 Å². The molecule has 11 nitrogen and oxygen atoms in total. The number of hydrogen-bond acceptors (Lipinski definition) is 10. The number of likely N-dealkylation sites (N-methyl/N-ethyl adjacent to an activating group) is 2. The second-order valence-electron chi connectivity index (χ2n) is 11.3. The maximum atomic E-state index is 14.5. The van der Waals surface area contributed by atoms with Crippen molar-refractivity contribution in [3.05, 3.63) is 101 Å². The minimum absolute atomic E-state index is 0.0472. The normalized spacial score (nSPS) is 17.4. The Bertz CT molecular complexity index is 1430. The first kappa shape index (κ1) is 37.2. The van der Waals surface area contributed by atoms with Crippen molar-refractivity contribution in [2.75, 3.05) is 34.3 Å². The van der Waals surface area contributed by atoms with Gasteiger partial charge in [-0.1, -0.05) is 48.5 Å². The van der Waals surface area contributed by atoms with E-state index in [0.717, 1.165) is 18.7 Å². The van der Waals surface area contributed by atoms with Crippen LogP contribution >= 0.6 is 0 Å². The molecular formula is C34H43F2N5O6. The third-order valence-electron chi connectivity index (χ3n) is 7.78. The van der Waals surface area contributed by atoms with Crippen molar-refractivity contribution in [1.82, 2.24) is 25.1 Å². The highest BCUT2D eigenvalue weighted by molar-refractivity contribution is 5.82. The lowest BCUT2D eigenvalue weighted by Gasteiger charge is -2.54. The zero-order valence-corrected chi connectivity index (χ0v) is 27.0. The maximum absolute atomic E-state index is 14.5. The second-order valence-corrected chi connectivity index (χ2v) is 11.3. The molecule has 254 valence electrons. The summed E-state index contributed by atoms with van der Waals surface area (Å²) >= 11 is 0. The van der Waals surface area contributed by atoms with Gasteiger partial charge in [0.15, 0.2) is 0 Å². The molecule has 2 unspecified atom stereocenters. The highest BCUT2D eigenvalue weighted by Crippen LogP contribution is 2.28. The van der Waals surface area contributed by atoms with Gasteiger partial charge < -0.3 is 30.0 Å². The summed E-state index contributed by atoms with van der Waals surface area (Å²) in [6.07, 6.45) is -1.42. The quantitative estimate of drug-likeness (QED) is 0.223. The van der Waals surface area contributed by atoms with Crippen molar-refractivity contribution in [2.24, 2.45) is 0 Å². The smallest absolute Gasteiger partial charge is 0.293 e. The van der Waals surface area contributed by atoms with Crippen LogP contribution in [0.3, 0.4) is 0 Å². The number of benzene rings is 3. The number of aliphatic hydroxyl groups excluding tert-OH is 1. The van der Waals surface area contributed by atoms with E-state index in [1.165, 1.54) is 45.6 Å². The van der Waals surface area contributed by atoms with Crippen LogP contribution in [0.15, 0.2) is 72.8 Å². The van der Waals surface area contributed by atoms with Crippen molar-refractivity contribution in [3.8, 4) is 5.75 Å². The Hall–Kier alpha value is -4.27. The number of halogens is 2. The average Bonchev–Trinajstić information content (AvgIpc) is 3.03. The molecule has 4 rings (SSSR count). The Morgan fingerprint density at radius 1 is 1.06 bits per heavy atom. The van der Waals surface area contributed by atoms with E-state index >= 15 is 0 Å². The Labute approximate surface area is 273 Å². The molecule has 0 aliphatic carbocycles. The predicted molar refractivity (Wildman–Crippen MR) is 171 cm³/mol. The van der Waals surface area contributed by atoms with Crippen LogP contribution in [-0.4, -0.2) is 107 Å². The van der Waals surface area contributed by atoms with Gasteiger partial charge in [0.25, 0.3) is 6.47 Å². The van der Waals surface area contributed by atoms with E-state index in [9.17, 15) is 33.4 Å². The third-order valence-corrected chi connectivity index (χ3v) is 7.78. The first-order valence-electron chi connectivity index (χ1n) is 15.1. The molecule has 3 N–H and O–H groups in total. The van der Waals surface area contributed by atoms with Gasteiger partial charge in [-0.3, -0.25) is 14.5 Å². The number of hydrogen-bond donors (Lipinski definition) is 3. The van der Waals surface area contributed by atoms with E-state index < -0.39 is 42.0 Å². The van der Waals surface area contributed by atoms with Crippen LogP contribution in [0, 0.1) is 11.6 Å². The highest BCUT2D eigenvalue weighted by atomic mass is 19.1. The van der Waals surface area contributed by atoms with Gasteiger partial charge in [-0.25, -0.2) is 13.8 Å². The summed E-state index contributed by atoms with van der Waals surface area (Å²) in [5.41, 5.74) is 2.17. The summed E-state index contributed by atoms with van der Waals surface area (Å²) in [4.78, 5) is 39.9. The highest BCUT2D eigenvalue weighted by Gasteiger charge is 2.48. The molecule has 47 heavy (non-hydrogen) atoms. The zero-order valence-electron chi connectivity index (χ0n) is 27.0. The molecule has 1 aliphatic heterocycles. The molecule has 3 aromatic rings. The molecule has 1 heterocycles. The number of nitrogens with one attached hydrogen (secondary N) is 1. The molecule has 0 bridgehead atoms. The average molecular weight is 656 g/mol. The second kappa shape index (κ2) is 18.2. The van der Waals surface area contributed by atoms with Crippen molar-refractivity contribution < 1.29 is 38.1 Å². The van der Waals surface area contributed by atoms with Crippen LogP contribution < -0.4 is 5.32 Å².